The van der Waals surface area contributed by atoms with Crippen molar-refractivity contribution in [1.29, 1.82) is 0 Å². The summed E-state index contributed by atoms with van der Waals surface area (Å²) in [6.45, 7) is 4.42. The standard InChI is InChI=1S/C9H13N3O/c1-3-10-9(13)12-8-6-7(2)4-5-11-8/h4-6H,3H2,1-2H3,(H2,10,11,12,13). The zero-order valence-electron chi connectivity index (χ0n) is 7.79. The van der Waals surface area contributed by atoms with Gasteiger partial charge >= 0.3 is 6.03 Å². The van der Waals surface area contributed by atoms with Crippen molar-refractivity contribution in [3.63, 3.8) is 0 Å². The lowest BCUT2D eigenvalue weighted by Crippen LogP contribution is -2.28. The molecule has 2 N–H and O–H groups in total. The number of nitrogens with zero attached hydrogens (tertiary/aromatic N) is 1. The van der Waals surface area contributed by atoms with Crippen molar-refractivity contribution in [1.82, 2.24) is 10.3 Å². The molecule has 1 aromatic rings. The van der Waals surface area contributed by atoms with Crippen LogP contribution in [-0.4, -0.2) is 17.6 Å². The summed E-state index contributed by atoms with van der Waals surface area (Å²) < 4.78 is 0. The van der Waals surface area contributed by atoms with Crippen LogP contribution >= 0.6 is 0 Å². The first-order chi connectivity index (χ1) is 6.22. The van der Waals surface area contributed by atoms with E-state index in [-0.39, 0.29) is 6.03 Å². The Kier molecular flexibility index (Phi) is 3.25. The van der Waals surface area contributed by atoms with E-state index in [0.717, 1.165) is 5.56 Å². The molecule has 0 bridgehead atoms. The van der Waals surface area contributed by atoms with Crippen LogP contribution in [0, 0.1) is 6.92 Å². The Balaban J connectivity index is 2.58. The van der Waals surface area contributed by atoms with Crippen LogP contribution in [0.1, 0.15) is 12.5 Å². The number of aryl methyl sites for hydroxylation is 1. The second-order valence-electron chi connectivity index (χ2n) is 2.70. The molecule has 1 aromatic heterocycles. The maximum absolute atomic E-state index is 11.1. The van der Waals surface area contributed by atoms with Crippen LogP contribution in [0.3, 0.4) is 0 Å². The Morgan fingerprint density at radius 2 is 2.38 bits per heavy atom. The molecule has 0 atom stereocenters. The maximum atomic E-state index is 11.1. The number of nitrogens with one attached hydrogen (secondary N) is 2. The molecule has 4 heteroatoms. The lowest BCUT2D eigenvalue weighted by Gasteiger charge is -2.04. The smallest absolute Gasteiger partial charge is 0.320 e. The number of hydrogen-bond donors (Lipinski definition) is 2. The highest BCUT2D eigenvalue weighted by molar-refractivity contribution is 5.88. The van der Waals surface area contributed by atoms with E-state index in [1.807, 2.05) is 26.0 Å². The molecule has 0 saturated carbocycles. The van der Waals surface area contributed by atoms with Gasteiger partial charge in [-0.15, -0.1) is 0 Å². The minimum absolute atomic E-state index is 0.222. The molecule has 0 saturated heterocycles. The van der Waals surface area contributed by atoms with Gasteiger partial charge in [0.2, 0.25) is 0 Å². The van der Waals surface area contributed by atoms with Crippen LogP contribution in [0.25, 0.3) is 0 Å². The molecule has 0 fully saturated rings. The van der Waals surface area contributed by atoms with E-state index in [0.29, 0.717) is 12.4 Å². The minimum Gasteiger partial charge on any atom is -0.338 e. The van der Waals surface area contributed by atoms with Crippen LogP contribution in [0.4, 0.5) is 10.6 Å². The first kappa shape index (κ1) is 9.51. The van der Waals surface area contributed by atoms with Crippen LogP contribution < -0.4 is 10.6 Å². The average molecular weight is 179 g/mol. The van der Waals surface area contributed by atoms with Gasteiger partial charge in [0.25, 0.3) is 0 Å². The molecule has 0 aliphatic carbocycles. The van der Waals surface area contributed by atoms with E-state index in [1.54, 1.807) is 6.20 Å². The molecule has 70 valence electrons. The van der Waals surface area contributed by atoms with Gasteiger partial charge < -0.3 is 5.32 Å². The molecule has 2 amide bonds. The van der Waals surface area contributed by atoms with Crippen molar-refractivity contribution in [2.24, 2.45) is 0 Å². The Morgan fingerprint density at radius 3 is 3.00 bits per heavy atom. The third-order valence-corrected chi connectivity index (χ3v) is 1.49. The van der Waals surface area contributed by atoms with Crippen molar-refractivity contribution in [2.45, 2.75) is 13.8 Å². The van der Waals surface area contributed by atoms with Crippen LogP contribution in [0.15, 0.2) is 18.3 Å². The number of anilines is 1. The third-order valence-electron chi connectivity index (χ3n) is 1.49. The van der Waals surface area contributed by atoms with Gasteiger partial charge in [0, 0.05) is 12.7 Å². The Bertz CT molecular complexity index is 299. The maximum Gasteiger partial charge on any atom is 0.320 e. The van der Waals surface area contributed by atoms with Gasteiger partial charge in [-0.2, -0.15) is 0 Å². The van der Waals surface area contributed by atoms with Gasteiger partial charge in [-0.1, -0.05) is 0 Å². The number of urea groups is 1. The molecule has 1 heterocycles. The van der Waals surface area contributed by atoms with Gasteiger partial charge in [-0.3, -0.25) is 5.32 Å². The molecule has 0 aromatic carbocycles. The number of rotatable bonds is 2. The van der Waals surface area contributed by atoms with E-state index < -0.39 is 0 Å². The fraction of sp³-hybridized carbons (Fsp3) is 0.333. The highest BCUT2D eigenvalue weighted by atomic mass is 16.2. The first-order valence-corrected chi connectivity index (χ1v) is 4.20. The molecule has 0 radical (unpaired) electrons. The first-order valence-electron chi connectivity index (χ1n) is 4.20. The fourth-order valence-electron chi connectivity index (χ4n) is 0.926. The summed E-state index contributed by atoms with van der Waals surface area (Å²) in [6, 6.07) is 3.47. The van der Waals surface area contributed by atoms with E-state index >= 15 is 0 Å². The van der Waals surface area contributed by atoms with Crippen LogP contribution in [0.2, 0.25) is 0 Å². The molecule has 1 rings (SSSR count). The summed E-state index contributed by atoms with van der Waals surface area (Å²) >= 11 is 0. The zero-order chi connectivity index (χ0) is 9.68. The Hall–Kier alpha value is -1.58. The second-order valence-corrected chi connectivity index (χ2v) is 2.70. The molecule has 13 heavy (non-hydrogen) atoms. The number of amides is 2. The normalized spacial score (nSPS) is 9.38. The summed E-state index contributed by atoms with van der Waals surface area (Å²) in [5.74, 6) is 0.575. The highest BCUT2D eigenvalue weighted by Crippen LogP contribution is 2.04. The monoisotopic (exact) mass is 179 g/mol. The topological polar surface area (TPSA) is 54.0 Å². The third kappa shape index (κ3) is 3.11. The van der Waals surface area contributed by atoms with Crippen molar-refractivity contribution >= 4 is 11.8 Å². The van der Waals surface area contributed by atoms with Gasteiger partial charge in [-0.25, -0.2) is 9.78 Å². The number of pyridine rings is 1. The van der Waals surface area contributed by atoms with E-state index in [2.05, 4.69) is 15.6 Å². The lowest BCUT2D eigenvalue weighted by molar-refractivity contribution is 0.252. The van der Waals surface area contributed by atoms with Crippen LogP contribution in [0.5, 0.6) is 0 Å². The van der Waals surface area contributed by atoms with Crippen molar-refractivity contribution in [3.05, 3.63) is 23.9 Å². The summed E-state index contributed by atoms with van der Waals surface area (Å²) in [5, 5.41) is 5.25. The largest absolute Gasteiger partial charge is 0.338 e. The summed E-state index contributed by atoms with van der Waals surface area (Å²) in [6.07, 6.45) is 1.66. The number of aromatic nitrogens is 1. The van der Waals surface area contributed by atoms with E-state index in [9.17, 15) is 4.79 Å². The van der Waals surface area contributed by atoms with Gasteiger partial charge in [0.05, 0.1) is 0 Å². The fourth-order valence-corrected chi connectivity index (χ4v) is 0.926. The number of hydrogen-bond acceptors (Lipinski definition) is 2. The predicted octanol–water partition coefficient (Wildman–Crippen LogP) is 1.53. The van der Waals surface area contributed by atoms with E-state index in [4.69, 9.17) is 0 Å². The molecular formula is C9H13N3O. The number of carbonyl (C=O) groups excluding carboxylic acids is 1. The number of carbonyl (C=O) groups is 1. The molecule has 0 aliphatic heterocycles. The SMILES string of the molecule is CCNC(=O)Nc1cc(C)ccn1. The molecular weight excluding hydrogens is 166 g/mol. The predicted molar refractivity (Wildman–Crippen MR) is 51.7 cm³/mol. The Morgan fingerprint density at radius 1 is 1.62 bits per heavy atom. The van der Waals surface area contributed by atoms with Gasteiger partial charge in [-0.05, 0) is 31.5 Å². The Labute approximate surface area is 77.4 Å². The molecule has 0 aliphatic rings. The average Bonchev–Trinajstić information content (AvgIpc) is 2.04. The molecule has 4 nitrogen and oxygen atoms in total. The van der Waals surface area contributed by atoms with Crippen molar-refractivity contribution in [2.75, 3.05) is 11.9 Å². The minimum atomic E-state index is -0.222. The molecule has 0 spiro atoms. The summed E-state index contributed by atoms with van der Waals surface area (Å²) in [5.41, 5.74) is 1.07. The van der Waals surface area contributed by atoms with E-state index in [1.165, 1.54) is 0 Å². The zero-order valence-corrected chi connectivity index (χ0v) is 7.79. The van der Waals surface area contributed by atoms with Crippen LogP contribution in [-0.2, 0) is 0 Å². The van der Waals surface area contributed by atoms with Crippen molar-refractivity contribution < 1.29 is 4.79 Å². The highest BCUT2D eigenvalue weighted by Gasteiger charge is 1.99. The van der Waals surface area contributed by atoms with Gasteiger partial charge in [0.1, 0.15) is 5.82 Å². The van der Waals surface area contributed by atoms with Gasteiger partial charge in [0.15, 0.2) is 0 Å². The summed E-state index contributed by atoms with van der Waals surface area (Å²) in [4.78, 5) is 15.1. The lowest BCUT2D eigenvalue weighted by atomic mass is 10.3. The summed E-state index contributed by atoms with van der Waals surface area (Å²) in [7, 11) is 0. The second kappa shape index (κ2) is 4.45. The quantitative estimate of drug-likeness (QED) is 0.723. The van der Waals surface area contributed by atoms with Crippen molar-refractivity contribution in [3.8, 4) is 0 Å². The molecule has 0 unspecified atom stereocenters.